The topological polar surface area (TPSA) is 86.6 Å². The minimum atomic E-state index is -3.30. The molecule has 3 aromatic heterocycles. The molecule has 0 N–H and O–H groups in total. The summed E-state index contributed by atoms with van der Waals surface area (Å²) in [4.78, 5) is 8.19. The van der Waals surface area contributed by atoms with Gasteiger partial charge in [0.2, 0.25) is 16.6 Å². The van der Waals surface area contributed by atoms with Crippen molar-refractivity contribution in [2.24, 2.45) is 0 Å². The SMILES string of the molecule is [C-]#[N+]CC1(n2cc(-c3ccnc4c3ccn4COCC[Si](C)(C)C)cn2)CN(S(=O)(=O)CCCC)C1. The third-order valence-corrected chi connectivity index (χ3v) is 10.3. The van der Waals surface area contributed by atoms with E-state index in [0.29, 0.717) is 13.2 Å². The maximum Gasteiger partial charge on any atom is 0.242 e. The van der Waals surface area contributed by atoms with Gasteiger partial charge >= 0.3 is 0 Å². The van der Waals surface area contributed by atoms with Crippen LogP contribution < -0.4 is 0 Å². The number of pyridine rings is 1. The highest BCUT2D eigenvalue weighted by Gasteiger charge is 2.52. The fraction of sp³-hybridized carbons (Fsp3) is 0.560. The molecule has 0 aliphatic carbocycles. The molecule has 0 radical (unpaired) electrons. The van der Waals surface area contributed by atoms with E-state index < -0.39 is 23.6 Å². The Kier molecular flexibility index (Phi) is 7.71. The van der Waals surface area contributed by atoms with Crippen molar-refractivity contribution in [2.45, 2.75) is 57.7 Å². The summed E-state index contributed by atoms with van der Waals surface area (Å²) in [6.45, 7) is 18.4. The normalized spacial score (nSPS) is 16.2. The maximum atomic E-state index is 12.6. The van der Waals surface area contributed by atoms with Gasteiger partial charge in [-0.05, 0) is 30.2 Å². The van der Waals surface area contributed by atoms with E-state index in [-0.39, 0.29) is 25.4 Å². The lowest BCUT2D eigenvalue weighted by atomic mass is 9.92. The lowest BCUT2D eigenvalue weighted by Crippen LogP contribution is -2.66. The Hall–Kier alpha value is -2.52. The summed E-state index contributed by atoms with van der Waals surface area (Å²) in [7, 11) is -4.44. The standard InChI is InChI=1S/C25H36N6O3SSi/c1-6-7-13-35(32,33)30-18-25(19-30,17-26-2)31-16-21(15-28-31)22-8-10-27-24-23(22)9-11-29(24)20-34-12-14-36(3,4)5/h8-11,15-16H,6-7,12-14,17-20H2,1,3-5H3. The van der Waals surface area contributed by atoms with E-state index in [1.165, 1.54) is 4.31 Å². The van der Waals surface area contributed by atoms with Gasteiger partial charge in [-0.3, -0.25) is 4.68 Å². The molecule has 1 saturated heterocycles. The average Bonchev–Trinajstić information content (AvgIpc) is 3.44. The lowest BCUT2D eigenvalue weighted by Gasteiger charge is -2.45. The van der Waals surface area contributed by atoms with Gasteiger partial charge in [0.25, 0.3) is 0 Å². The third-order valence-electron chi connectivity index (χ3n) is 6.73. The van der Waals surface area contributed by atoms with Gasteiger partial charge in [0.05, 0.1) is 11.9 Å². The molecule has 4 heterocycles. The molecule has 0 amide bonds. The van der Waals surface area contributed by atoms with Crippen LogP contribution >= 0.6 is 0 Å². The second-order valence-corrected chi connectivity index (χ2v) is 18.6. The number of nitrogens with zero attached hydrogens (tertiary/aromatic N) is 6. The molecular formula is C25H36N6O3SSi. The highest BCUT2D eigenvalue weighted by molar-refractivity contribution is 7.89. The summed E-state index contributed by atoms with van der Waals surface area (Å²) in [5.41, 5.74) is 2.12. The van der Waals surface area contributed by atoms with Gasteiger partial charge in [-0.1, -0.05) is 33.0 Å². The zero-order chi connectivity index (χ0) is 26.0. The second-order valence-electron chi connectivity index (χ2n) is 10.9. The van der Waals surface area contributed by atoms with E-state index in [0.717, 1.165) is 41.2 Å². The van der Waals surface area contributed by atoms with Crippen molar-refractivity contribution in [3.8, 4) is 11.1 Å². The number of hydrogen-bond donors (Lipinski definition) is 0. The van der Waals surface area contributed by atoms with Gasteiger partial charge in [0.1, 0.15) is 12.4 Å². The number of fused-ring (bicyclic) bond motifs is 1. The number of aromatic nitrogens is 4. The molecule has 0 aromatic carbocycles. The molecule has 194 valence electrons. The first kappa shape index (κ1) is 26.5. The number of sulfonamides is 1. The highest BCUT2D eigenvalue weighted by atomic mass is 32.2. The molecule has 0 bridgehead atoms. The summed E-state index contributed by atoms with van der Waals surface area (Å²) >= 11 is 0. The van der Waals surface area contributed by atoms with Gasteiger partial charge in [-0.15, -0.1) is 0 Å². The fourth-order valence-electron chi connectivity index (χ4n) is 4.44. The third kappa shape index (κ3) is 5.57. The zero-order valence-corrected chi connectivity index (χ0v) is 23.5. The molecular weight excluding hydrogens is 492 g/mol. The Bertz CT molecular complexity index is 1350. The monoisotopic (exact) mass is 528 g/mol. The van der Waals surface area contributed by atoms with Crippen LogP contribution in [-0.2, 0) is 27.0 Å². The van der Waals surface area contributed by atoms with Crippen LogP contribution in [0.25, 0.3) is 27.0 Å². The first-order chi connectivity index (χ1) is 17.1. The quantitative estimate of drug-likeness (QED) is 0.199. The molecule has 0 unspecified atom stereocenters. The molecule has 0 saturated carbocycles. The van der Waals surface area contributed by atoms with Crippen LogP contribution in [0, 0.1) is 6.57 Å². The zero-order valence-electron chi connectivity index (χ0n) is 21.6. The Balaban J connectivity index is 1.52. The minimum absolute atomic E-state index is 0.149. The van der Waals surface area contributed by atoms with Crippen LogP contribution in [0.15, 0.2) is 36.9 Å². The van der Waals surface area contributed by atoms with Crippen molar-refractivity contribution in [2.75, 3.05) is 32.0 Å². The van der Waals surface area contributed by atoms with Crippen LogP contribution in [-0.4, -0.2) is 72.1 Å². The van der Waals surface area contributed by atoms with Crippen LogP contribution in [0.1, 0.15) is 19.8 Å². The second kappa shape index (κ2) is 10.5. The van der Waals surface area contributed by atoms with E-state index in [9.17, 15) is 8.42 Å². The van der Waals surface area contributed by atoms with Crippen LogP contribution in [0.3, 0.4) is 0 Å². The molecule has 11 heteroatoms. The van der Waals surface area contributed by atoms with Gasteiger partial charge < -0.3 is 14.1 Å². The maximum absolute atomic E-state index is 12.6. The van der Waals surface area contributed by atoms with Crippen molar-refractivity contribution in [1.82, 2.24) is 23.6 Å². The summed E-state index contributed by atoms with van der Waals surface area (Å²) in [5.74, 6) is 0.149. The number of ether oxygens (including phenoxy) is 1. The smallest absolute Gasteiger partial charge is 0.242 e. The molecule has 0 spiro atoms. The molecule has 36 heavy (non-hydrogen) atoms. The first-order valence-electron chi connectivity index (χ1n) is 12.5. The van der Waals surface area contributed by atoms with Gasteiger partial charge in [-0.25, -0.2) is 20.0 Å². The van der Waals surface area contributed by atoms with Gasteiger partial charge in [0.15, 0.2) is 5.54 Å². The predicted molar refractivity (Wildman–Crippen MR) is 145 cm³/mol. The predicted octanol–water partition coefficient (Wildman–Crippen LogP) is 4.27. The Morgan fingerprint density at radius 3 is 2.72 bits per heavy atom. The molecule has 1 fully saturated rings. The summed E-state index contributed by atoms with van der Waals surface area (Å²) in [5, 5.41) is 5.59. The summed E-state index contributed by atoms with van der Waals surface area (Å²) < 4.78 is 36.4. The molecule has 0 atom stereocenters. The van der Waals surface area contributed by atoms with E-state index >= 15 is 0 Å². The van der Waals surface area contributed by atoms with Crippen molar-refractivity contribution >= 4 is 29.1 Å². The average molecular weight is 529 g/mol. The molecule has 9 nitrogen and oxygen atoms in total. The molecule has 4 rings (SSSR count). The Morgan fingerprint density at radius 1 is 1.25 bits per heavy atom. The lowest BCUT2D eigenvalue weighted by molar-refractivity contribution is 0.0832. The number of unbranched alkanes of at least 4 members (excludes halogenated alkanes) is 1. The summed E-state index contributed by atoms with van der Waals surface area (Å²) in [6, 6.07) is 5.12. The minimum Gasteiger partial charge on any atom is -0.361 e. The van der Waals surface area contributed by atoms with E-state index in [2.05, 4.69) is 34.6 Å². The van der Waals surface area contributed by atoms with E-state index in [4.69, 9.17) is 11.3 Å². The number of hydrogen-bond acceptors (Lipinski definition) is 5. The van der Waals surface area contributed by atoms with Crippen LogP contribution in [0.2, 0.25) is 25.7 Å². The largest absolute Gasteiger partial charge is 0.361 e. The van der Waals surface area contributed by atoms with Crippen LogP contribution in [0.5, 0.6) is 0 Å². The van der Waals surface area contributed by atoms with E-state index in [1.54, 1.807) is 17.1 Å². The van der Waals surface area contributed by atoms with Crippen molar-refractivity contribution in [1.29, 1.82) is 0 Å². The fourth-order valence-corrected chi connectivity index (χ4v) is 6.98. The van der Waals surface area contributed by atoms with Gasteiger partial charge in [0, 0.05) is 57.3 Å². The van der Waals surface area contributed by atoms with E-state index in [1.807, 2.05) is 36.0 Å². The van der Waals surface area contributed by atoms with Crippen molar-refractivity contribution in [3.63, 3.8) is 0 Å². The Morgan fingerprint density at radius 2 is 2.03 bits per heavy atom. The summed E-state index contributed by atoms with van der Waals surface area (Å²) in [6.07, 6.45) is 8.96. The van der Waals surface area contributed by atoms with Crippen LogP contribution in [0.4, 0.5) is 0 Å². The number of rotatable bonds is 12. The van der Waals surface area contributed by atoms with Gasteiger partial charge in [-0.2, -0.15) is 9.40 Å². The molecule has 3 aromatic rings. The first-order valence-corrected chi connectivity index (χ1v) is 17.8. The molecule has 1 aliphatic rings. The van der Waals surface area contributed by atoms with Crippen molar-refractivity contribution < 1.29 is 13.2 Å². The Labute approximate surface area is 215 Å². The highest BCUT2D eigenvalue weighted by Crippen LogP contribution is 2.35. The molecule has 1 aliphatic heterocycles. The van der Waals surface area contributed by atoms with Crippen molar-refractivity contribution in [3.05, 3.63) is 48.3 Å².